The second-order valence-corrected chi connectivity index (χ2v) is 11.5. The molecule has 5 rings (SSSR count). The zero-order valence-electron chi connectivity index (χ0n) is 22.8. The number of anilines is 1. The van der Waals surface area contributed by atoms with Gasteiger partial charge >= 0.3 is 5.97 Å². The molecule has 3 aromatic carbocycles. The highest BCUT2D eigenvalue weighted by atomic mass is 32.2. The number of hydrogen-bond donors (Lipinski definition) is 1. The Labute approximate surface area is 246 Å². The van der Waals surface area contributed by atoms with Crippen LogP contribution in [-0.4, -0.2) is 33.8 Å². The number of aryl methyl sites for hydroxylation is 1. The number of esters is 1. The number of nitrogens with one attached hydrogen (secondary N) is 1. The first kappa shape index (κ1) is 28.3. The van der Waals surface area contributed by atoms with Gasteiger partial charge in [-0.05, 0) is 55.3 Å². The number of carbonyl (C=O) groups is 2. The van der Waals surface area contributed by atoms with Gasteiger partial charge in [0.2, 0.25) is 5.91 Å². The number of thioether (sulfide) groups is 1. The summed E-state index contributed by atoms with van der Waals surface area (Å²) in [6, 6.07) is 25.8. The lowest BCUT2D eigenvalue weighted by Gasteiger charge is -2.13. The van der Waals surface area contributed by atoms with E-state index in [9.17, 15) is 14.4 Å². The van der Waals surface area contributed by atoms with Gasteiger partial charge in [0.15, 0.2) is 5.16 Å². The zero-order chi connectivity index (χ0) is 28.8. The number of rotatable bonds is 10. The smallest absolute Gasteiger partial charge is 0.338 e. The van der Waals surface area contributed by atoms with Crippen molar-refractivity contribution >= 4 is 50.9 Å². The number of fused-ring (bicyclic) bond motifs is 1. The van der Waals surface area contributed by atoms with E-state index in [1.165, 1.54) is 23.1 Å². The van der Waals surface area contributed by atoms with Crippen LogP contribution >= 0.6 is 23.1 Å². The molecule has 0 spiro atoms. The molecular weight excluding hydrogens is 555 g/mol. The third-order valence-corrected chi connectivity index (χ3v) is 8.35. The summed E-state index contributed by atoms with van der Waals surface area (Å²) in [5.41, 5.74) is 3.35. The van der Waals surface area contributed by atoms with Gasteiger partial charge in [-0.3, -0.25) is 14.2 Å². The first-order valence-electron chi connectivity index (χ1n) is 13.3. The van der Waals surface area contributed by atoms with E-state index in [1.54, 1.807) is 28.8 Å². The summed E-state index contributed by atoms with van der Waals surface area (Å²) in [6.45, 7) is 4.42. The molecule has 208 valence electrons. The van der Waals surface area contributed by atoms with E-state index >= 15 is 0 Å². The fraction of sp³-hybridized carbons (Fsp3) is 0.188. The standard InChI is InChI=1S/C32H29N3O4S2/c1-3-4-19-39-31(38)23-15-17-24(18-16-23)33-26(36)20-40-32-34-29-28(30(37)35(32)25-13-9-6-10-14-25)27(21(2)41-29)22-11-7-5-8-12-22/h5-18H,3-4,19-20H2,1-2H3,(H,33,36). The molecule has 0 aliphatic carbocycles. The number of ether oxygens (including phenoxy) is 1. The minimum Gasteiger partial charge on any atom is -0.462 e. The van der Waals surface area contributed by atoms with Crippen LogP contribution in [0.3, 0.4) is 0 Å². The van der Waals surface area contributed by atoms with Crippen molar-refractivity contribution in [3.63, 3.8) is 0 Å². The summed E-state index contributed by atoms with van der Waals surface area (Å²) in [6.07, 6.45) is 1.76. The average molecular weight is 584 g/mol. The topological polar surface area (TPSA) is 90.3 Å². The summed E-state index contributed by atoms with van der Waals surface area (Å²) in [7, 11) is 0. The van der Waals surface area contributed by atoms with Crippen molar-refractivity contribution in [3.8, 4) is 16.8 Å². The minimum atomic E-state index is -0.383. The number of nitrogens with zero attached hydrogens (tertiary/aromatic N) is 2. The molecule has 1 amide bonds. The lowest BCUT2D eigenvalue weighted by atomic mass is 10.0. The lowest BCUT2D eigenvalue weighted by Crippen LogP contribution is -2.22. The van der Waals surface area contributed by atoms with Crippen LogP contribution in [0.1, 0.15) is 35.0 Å². The SMILES string of the molecule is CCCCOC(=O)c1ccc(NC(=O)CSc2nc3sc(C)c(-c4ccccc4)c3c(=O)n2-c2ccccc2)cc1. The lowest BCUT2D eigenvalue weighted by molar-refractivity contribution is -0.113. The molecule has 0 aliphatic rings. The van der Waals surface area contributed by atoms with Gasteiger partial charge in [0, 0.05) is 16.1 Å². The number of amides is 1. The van der Waals surface area contributed by atoms with Crippen molar-refractivity contribution in [3.05, 3.63) is 106 Å². The number of thiophene rings is 1. The summed E-state index contributed by atoms with van der Waals surface area (Å²) in [5.74, 6) is -0.595. The van der Waals surface area contributed by atoms with Gasteiger partial charge < -0.3 is 10.1 Å². The Morgan fingerprint density at radius 1 is 0.976 bits per heavy atom. The number of aromatic nitrogens is 2. The molecule has 0 saturated carbocycles. The van der Waals surface area contributed by atoms with Crippen molar-refractivity contribution in [2.75, 3.05) is 17.7 Å². The highest BCUT2D eigenvalue weighted by molar-refractivity contribution is 7.99. The fourth-order valence-corrected chi connectivity index (χ4v) is 6.31. The molecule has 0 unspecified atom stereocenters. The number of carbonyl (C=O) groups excluding carboxylic acids is 2. The first-order valence-corrected chi connectivity index (χ1v) is 15.1. The van der Waals surface area contributed by atoms with E-state index in [0.717, 1.165) is 28.8 Å². The van der Waals surface area contributed by atoms with Crippen molar-refractivity contribution in [2.45, 2.75) is 31.8 Å². The molecule has 5 aromatic rings. The first-order chi connectivity index (χ1) is 20.0. The van der Waals surface area contributed by atoms with Gasteiger partial charge in [0.05, 0.1) is 29.0 Å². The second kappa shape index (κ2) is 13.0. The summed E-state index contributed by atoms with van der Waals surface area (Å²) < 4.78 is 6.82. The van der Waals surface area contributed by atoms with Crippen LogP contribution in [0.25, 0.3) is 27.0 Å². The maximum Gasteiger partial charge on any atom is 0.338 e. The predicted octanol–water partition coefficient (Wildman–Crippen LogP) is 7.11. The van der Waals surface area contributed by atoms with Crippen molar-refractivity contribution in [1.29, 1.82) is 0 Å². The van der Waals surface area contributed by atoms with E-state index < -0.39 is 0 Å². The quantitative estimate of drug-likeness (QED) is 0.0816. The van der Waals surface area contributed by atoms with E-state index in [4.69, 9.17) is 9.72 Å². The normalized spacial score (nSPS) is 11.0. The molecule has 0 bridgehead atoms. The van der Waals surface area contributed by atoms with Gasteiger partial charge in [-0.1, -0.05) is 73.6 Å². The Kier molecular flexibility index (Phi) is 8.96. The molecule has 0 radical (unpaired) electrons. The third-order valence-electron chi connectivity index (χ3n) is 6.42. The molecular formula is C32H29N3O4S2. The molecule has 0 fully saturated rings. The molecule has 0 atom stereocenters. The molecule has 9 heteroatoms. The maximum atomic E-state index is 14.0. The average Bonchev–Trinajstić information content (AvgIpc) is 3.33. The Morgan fingerprint density at radius 3 is 2.34 bits per heavy atom. The predicted molar refractivity (Wildman–Crippen MR) is 166 cm³/mol. The highest BCUT2D eigenvalue weighted by Crippen LogP contribution is 2.37. The monoisotopic (exact) mass is 583 g/mol. The molecule has 7 nitrogen and oxygen atoms in total. The summed E-state index contributed by atoms with van der Waals surface area (Å²) >= 11 is 2.68. The molecule has 41 heavy (non-hydrogen) atoms. The van der Waals surface area contributed by atoms with E-state index in [-0.39, 0.29) is 23.2 Å². The van der Waals surface area contributed by atoms with Gasteiger partial charge in [-0.25, -0.2) is 9.78 Å². The molecule has 0 aliphatic heterocycles. The Balaban J connectivity index is 1.39. The maximum absolute atomic E-state index is 14.0. The van der Waals surface area contributed by atoms with Crippen molar-refractivity contribution < 1.29 is 14.3 Å². The van der Waals surface area contributed by atoms with Gasteiger partial charge in [-0.2, -0.15) is 0 Å². The highest BCUT2D eigenvalue weighted by Gasteiger charge is 2.21. The van der Waals surface area contributed by atoms with E-state index in [0.29, 0.717) is 38.9 Å². The largest absolute Gasteiger partial charge is 0.462 e. The number of benzene rings is 3. The third kappa shape index (κ3) is 6.42. The Hall–Kier alpha value is -4.21. The van der Waals surface area contributed by atoms with Gasteiger partial charge in [-0.15, -0.1) is 11.3 Å². The molecule has 2 aromatic heterocycles. The summed E-state index contributed by atoms with van der Waals surface area (Å²) in [4.78, 5) is 45.6. The molecule has 1 N–H and O–H groups in total. The van der Waals surface area contributed by atoms with Crippen LogP contribution < -0.4 is 10.9 Å². The van der Waals surface area contributed by atoms with Crippen LogP contribution in [-0.2, 0) is 9.53 Å². The van der Waals surface area contributed by atoms with E-state index in [1.807, 2.05) is 74.5 Å². The van der Waals surface area contributed by atoms with Crippen LogP contribution in [0.4, 0.5) is 5.69 Å². The second-order valence-electron chi connectivity index (χ2n) is 9.35. The minimum absolute atomic E-state index is 0.0431. The Morgan fingerprint density at radius 2 is 1.66 bits per heavy atom. The van der Waals surface area contributed by atoms with Gasteiger partial charge in [0.1, 0.15) is 4.83 Å². The number of para-hydroxylation sites is 1. The van der Waals surface area contributed by atoms with Gasteiger partial charge in [0.25, 0.3) is 5.56 Å². The van der Waals surface area contributed by atoms with Crippen molar-refractivity contribution in [1.82, 2.24) is 9.55 Å². The number of hydrogen-bond acceptors (Lipinski definition) is 7. The number of unbranched alkanes of at least 4 members (excludes halogenated alkanes) is 1. The Bertz CT molecular complexity index is 1730. The van der Waals surface area contributed by atoms with Crippen molar-refractivity contribution in [2.24, 2.45) is 0 Å². The molecule has 2 heterocycles. The zero-order valence-corrected chi connectivity index (χ0v) is 24.4. The van der Waals surface area contributed by atoms with Crippen LogP contribution in [0.15, 0.2) is 94.9 Å². The van der Waals surface area contributed by atoms with Crippen LogP contribution in [0, 0.1) is 6.92 Å². The summed E-state index contributed by atoms with van der Waals surface area (Å²) in [5, 5.41) is 3.87. The van der Waals surface area contributed by atoms with Crippen LogP contribution in [0.5, 0.6) is 0 Å². The fourth-order valence-electron chi connectivity index (χ4n) is 4.41. The van der Waals surface area contributed by atoms with Crippen LogP contribution in [0.2, 0.25) is 0 Å². The van der Waals surface area contributed by atoms with E-state index in [2.05, 4.69) is 5.32 Å². The molecule has 0 saturated heterocycles.